The Kier molecular flexibility index (Phi) is 3.76. The van der Waals surface area contributed by atoms with E-state index in [-0.39, 0.29) is 0 Å². The number of nitrogens with one attached hydrogen (secondary N) is 2. The third-order valence-electron chi connectivity index (χ3n) is 4.27. The van der Waals surface area contributed by atoms with Crippen LogP contribution in [-0.4, -0.2) is 27.1 Å². The highest BCUT2D eigenvalue weighted by Gasteiger charge is 2.29. The van der Waals surface area contributed by atoms with Gasteiger partial charge >= 0.3 is 0 Å². The number of nitrogen functional groups attached to an aromatic ring is 1. The monoisotopic (exact) mass is 276 g/mol. The van der Waals surface area contributed by atoms with Crippen molar-refractivity contribution in [1.29, 1.82) is 0 Å². The number of rotatable bonds is 4. The van der Waals surface area contributed by atoms with Crippen molar-refractivity contribution in [3.8, 4) is 0 Å². The molecule has 2 unspecified atom stereocenters. The second-order valence-electron chi connectivity index (χ2n) is 6.06. The van der Waals surface area contributed by atoms with Crippen LogP contribution in [0.1, 0.15) is 57.7 Å². The quantitative estimate of drug-likeness (QED) is 0.578. The van der Waals surface area contributed by atoms with Crippen LogP contribution < -0.4 is 16.7 Å². The number of piperidine rings is 1. The highest BCUT2D eigenvalue weighted by atomic mass is 15.5. The fourth-order valence-electron chi connectivity index (χ4n) is 2.90. The van der Waals surface area contributed by atoms with Crippen molar-refractivity contribution in [1.82, 2.24) is 15.0 Å². The maximum atomic E-state index is 5.51. The summed E-state index contributed by atoms with van der Waals surface area (Å²) >= 11 is 0. The van der Waals surface area contributed by atoms with E-state index in [0.29, 0.717) is 23.8 Å². The lowest BCUT2D eigenvalue weighted by molar-refractivity contribution is 0.135. The summed E-state index contributed by atoms with van der Waals surface area (Å²) in [6.07, 6.45) is 6.11. The molecule has 0 radical (unpaired) electrons. The Morgan fingerprint density at radius 1 is 1.10 bits per heavy atom. The van der Waals surface area contributed by atoms with Crippen LogP contribution in [0.25, 0.3) is 0 Å². The molecule has 6 heteroatoms. The van der Waals surface area contributed by atoms with Gasteiger partial charge in [0.2, 0.25) is 0 Å². The van der Waals surface area contributed by atoms with E-state index in [1.54, 1.807) is 0 Å². The minimum atomic E-state index is 0.514. The van der Waals surface area contributed by atoms with Crippen LogP contribution >= 0.6 is 0 Å². The van der Waals surface area contributed by atoms with Crippen molar-refractivity contribution >= 4 is 11.6 Å². The number of nitrogens with two attached hydrogens (primary N) is 1. The lowest BCUT2D eigenvalue weighted by Crippen LogP contribution is -2.47. The van der Waals surface area contributed by atoms with Crippen molar-refractivity contribution in [3.05, 3.63) is 11.9 Å². The van der Waals surface area contributed by atoms with Gasteiger partial charge in [0.1, 0.15) is 17.5 Å². The fraction of sp³-hybridized carbons (Fsp3) is 0.714. The van der Waals surface area contributed by atoms with Gasteiger partial charge in [0.25, 0.3) is 0 Å². The summed E-state index contributed by atoms with van der Waals surface area (Å²) in [5.41, 5.74) is 6.11. The minimum absolute atomic E-state index is 0.514. The molecule has 3 rings (SSSR count). The SMILES string of the molecule is CC1CCCC(C)N1Nc1cc(NN)nc(C2CC2)n1. The first-order valence-corrected chi connectivity index (χ1v) is 7.58. The molecule has 0 amide bonds. The van der Waals surface area contributed by atoms with Crippen LogP contribution in [0.2, 0.25) is 0 Å². The van der Waals surface area contributed by atoms with Gasteiger partial charge in [0.15, 0.2) is 0 Å². The Labute approximate surface area is 120 Å². The Morgan fingerprint density at radius 3 is 2.35 bits per heavy atom. The molecule has 0 bridgehead atoms. The number of hydrogen-bond acceptors (Lipinski definition) is 6. The maximum absolute atomic E-state index is 5.51. The highest BCUT2D eigenvalue weighted by molar-refractivity contribution is 5.47. The molecule has 0 aromatic carbocycles. The Bertz CT molecular complexity index is 463. The average molecular weight is 276 g/mol. The smallest absolute Gasteiger partial charge is 0.146 e. The van der Waals surface area contributed by atoms with Crippen molar-refractivity contribution in [2.75, 3.05) is 10.9 Å². The van der Waals surface area contributed by atoms with Crippen molar-refractivity contribution in [2.45, 2.75) is 64.0 Å². The molecule has 6 nitrogen and oxygen atoms in total. The van der Waals surface area contributed by atoms with Crippen molar-refractivity contribution < 1.29 is 0 Å². The Balaban J connectivity index is 1.80. The number of hydrogen-bond donors (Lipinski definition) is 3. The van der Waals surface area contributed by atoms with E-state index in [4.69, 9.17) is 5.84 Å². The van der Waals surface area contributed by atoms with Crippen LogP contribution in [0.3, 0.4) is 0 Å². The number of nitrogens with zero attached hydrogens (tertiary/aromatic N) is 3. The van der Waals surface area contributed by atoms with E-state index in [2.05, 4.69) is 39.7 Å². The summed E-state index contributed by atoms with van der Waals surface area (Å²) in [6.45, 7) is 4.52. The molecule has 0 spiro atoms. The van der Waals surface area contributed by atoms with E-state index in [0.717, 1.165) is 11.6 Å². The highest BCUT2D eigenvalue weighted by Crippen LogP contribution is 2.39. The average Bonchev–Trinajstić information content (AvgIpc) is 3.27. The molecule has 1 saturated heterocycles. The van der Waals surface area contributed by atoms with Crippen LogP contribution in [0.5, 0.6) is 0 Å². The largest absolute Gasteiger partial charge is 0.308 e. The third kappa shape index (κ3) is 2.86. The van der Waals surface area contributed by atoms with E-state index in [9.17, 15) is 0 Å². The van der Waals surface area contributed by atoms with Gasteiger partial charge in [0.05, 0.1) is 0 Å². The van der Waals surface area contributed by atoms with Crippen molar-refractivity contribution in [2.24, 2.45) is 5.84 Å². The third-order valence-corrected chi connectivity index (χ3v) is 4.27. The zero-order valence-corrected chi connectivity index (χ0v) is 12.3. The molecule has 20 heavy (non-hydrogen) atoms. The van der Waals surface area contributed by atoms with Gasteiger partial charge in [0, 0.05) is 24.1 Å². The Morgan fingerprint density at radius 2 is 1.75 bits per heavy atom. The second kappa shape index (κ2) is 5.54. The second-order valence-corrected chi connectivity index (χ2v) is 6.06. The molecule has 1 aromatic rings. The summed E-state index contributed by atoms with van der Waals surface area (Å²) in [5, 5.41) is 2.31. The molecular weight excluding hydrogens is 252 g/mol. The van der Waals surface area contributed by atoms with Gasteiger partial charge in [-0.3, -0.25) is 0 Å². The number of anilines is 2. The van der Waals surface area contributed by atoms with Gasteiger partial charge in [-0.2, -0.15) is 0 Å². The molecule has 110 valence electrons. The standard InChI is InChI=1S/C14H24N6/c1-9-4-3-5-10(2)20(9)19-13-8-12(18-15)16-14(17-13)11-6-7-11/h8-11H,3-7,15H2,1-2H3,(H2,16,17,18,19). The number of aromatic nitrogens is 2. The molecular formula is C14H24N6. The normalized spacial score (nSPS) is 27.4. The predicted octanol–water partition coefficient (Wildman–Crippen LogP) is 2.23. The predicted molar refractivity (Wildman–Crippen MR) is 80.1 cm³/mol. The molecule has 1 aromatic heterocycles. The lowest BCUT2D eigenvalue weighted by Gasteiger charge is -2.39. The lowest BCUT2D eigenvalue weighted by atomic mass is 10.00. The summed E-state index contributed by atoms with van der Waals surface area (Å²) < 4.78 is 0. The molecule has 2 atom stereocenters. The van der Waals surface area contributed by atoms with E-state index in [1.165, 1.54) is 32.1 Å². The zero-order chi connectivity index (χ0) is 14.1. The Hall–Kier alpha value is -1.40. The number of hydrazine groups is 2. The van der Waals surface area contributed by atoms with Gasteiger partial charge in [-0.15, -0.1) is 0 Å². The molecule has 1 aliphatic carbocycles. The molecule has 2 heterocycles. The van der Waals surface area contributed by atoms with Gasteiger partial charge < -0.3 is 10.9 Å². The van der Waals surface area contributed by atoms with Gasteiger partial charge in [-0.25, -0.2) is 20.8 Å². The van der Waals surface area contributed by atoms with Crippen LogP contribution in [0.15, 0.2) is 6.07 Å². The topological polar surface area (TPSA) is 79.1 Å². The molecule has 1 saturated carbocycles. The van der Waals surface area contributed by atoms with Crippen molar-refractivity contribution in [3.63, 3.8) is 0 Å². The van der Waals surface area contributed by atoms with Crippen LogP contribution in [0.4, 0.5) is 11.6 Å². The maximum Gasteiger partial charge on any atom is 0.146 e. The fourth-order valence-corrected chi connectivity index (χ4v) is 2.90. The van der Waals surface area contributed by atoms with E-state index in [1.807, 2.05) is 6.07 Å². The summed E-state index contributed by atoms with van der Waals surface area (Å²) in [4.78, 5) is 9.09. The molecule has 2 aliphatic rings. The summed E-state index contributed by atoms with van der Waals surface area (Å²) in [7, 11) is 0. The summed E-state index contributed by atoms with van der Waals surface area (Å²) in [5.74, 6) is 8.46. The van der Waals surface area contributed by atoms with E-state index >= 15 is 0 Å². The summed E-state index contributed by atoms with van der Waals surface area (Å²) in [6, 6.07) is 2.92. The van der Waals surface area contributed by atoms with Gasteiger partial charge in [-0.1, -0.05) is 6.42 Å². The van der Waals surface area contributed by atoms with Crippen LogP contribution in [-0.2, 0) is 0 Å². The molecule has 4 N–H and O–H groups in total. The van der Waals surface area contributed by atoms with Crippen LogP contribution in [0, 0.1) is 0 Å². The minimum Gasteiger partial charge on any atom is -0.308 e. The molecule has 2 fully saturated rings. The first kappa shape index (κ1) is 13.6. The zero-order valence-electron chi connectivity index (χ0n) is 12.3. The van der Waals surface area contributed by atoms with Gasteiger partial charge in [-0.05, 0) is 39.5 Å². The van der Waals surface area contributed by atoms with E-state index < -0.39 is 0 Å². The first-order chi connectivity index (χ1) is 9.67. The first-order valence-electron chi connectivity index (χ1n) is 7.58. The molecule has 1 aliphatic heterocycles.